The molecular formula is C22H24N2O3. The number of aromatic nitrogens is 2. The first-order chi connectivity index (χ1) is 12.9. The predicted octanol–water partition coefficient (Wildman–Crippen LogP) is 3.35. The monoisotopic (exact) mass is 364 g/mol. The predicted molar refractivity (Wildman–Crippen MR) is 103 cm³/mol. The average Bonchev–Trinajstić information content (AvgIpc) is 2.61. The highest BCUT2D eigenvalue weighted by Gasteiger charge is 2.29. The van der Waals surface area contributed by atoms with Gasteiger partial charge in [0.05, 0.1) is 25.3 Å². The largest absolute Gasteiger partial charge is 0.493 e. The standard InChI is InChI=1S/C22H24N2O3/c1-5-26-21(25)14-18-9-8-17(23-24-18)7-6-16-13-19-20(12-15(16)2)27-11-10-22(19,3)4/h8-9,12-13H,5,10-11,14H2,1-4H3. The fraction of sp³-hybridized carbons (Fsp3) is 0.409. The van der Waals surface area contributed by atoms with Crippen LogP contribution in [0.4, 0.5) is 0 Å². The van der Waals surface area contributed by atoms with Gasteiger partial charge in [-0.3, -0.25) is 4.79 Å². The van der Waals surface area contributed by atoms with Crippen LogP contribution in [0, 0.1) is 18.8 Å². The highest BCUT2D eigenvalue weighted by Crippen LogP contribution is 2.39. The lowest BCUT2D eigenvalue weighted by Gasteiger charge is -2.32. The molecule has 0 aliphatic carbocycles. The van der Waals surface area contributed by atoms with Crippen molar-refractivity contribution < 1.29 is 14.3 Å². The van der Waals surface area contributed by atoms with E-state index in [2.05, 4.69) is 48.0 Å². The van der Waals surface area contributed by atoms with Gasteiger partial charge in [0.1, 0.15) is 11.4 Å². The molecule has 0 atom stereocenters. The summed E-state index contributed by atoms with van der Waals surface area (Å²) in [5, 5.41) is 8.15. The third-order valence-corrected chi connectivity index (χ3v) is 4.72. The second-order valence-corrected chi connectivity index (χ2v) is 7.29. The van der Waals surface area contributed by atoms with E-state index in [1.54, 1.807) is 19.1 Å². The topological polar surface area (TPSA) is 61.3 Å². The molecule has 2 aromatic rings. The smallest absolute Gasteiger partial charge is 0.311 e. The quantitative estimate of drug-likeness (QED) is 0.617. The number of nitrogens with zero attached hydrogens (tertiary/aromatic N) is 2. The molecule has 0 unspecified atom stereocenters. The summed E-state index contributed by atoms with van der Waals surface area (Å²) < 4.78 is 10.7. The van der Waals surface area contributed by atoms with E-state index in [0.29, 0.717) is 18.0 Å². The van der Waals surface area contributed by atoms with Crippen LogP contribution >= 0.6 is 0 Å². The third kappa shape index (κ3) is 4.46. The van der Waals surface area contributed by atoms with Gasteiger partial charge < -0.3 is 9.47 Å². The van der Waals surface area contributed by atoms with E-state index >= 15 is 0 Å². The zero-order valence-electron chi connectivity index (χ0n) is 16.3. The van der Waals surface area contributed by atoms with Crippen molar-refractivity contribution in [2.75, 3.05) is 13.2 Å². The van der Waals surface area contributed by atoms with E-state index in [9.17, 15) is 4.79 Å². The summed E-state index contributed by atoms with van der Waals surface area (Å²) in [6, 6.07) is 7.72. The van der Waals surface area contributed by atoms with Crippen molar-refractivity contribution in [2.24, 2.45) is 0 Å². The highest BCUT2D eigenvalue weighted by molar-refractivity contribution is 5.71. The van der Waals surface area contributed by atoms with E-state index in [0.717, 1.165) is 29.9 Å². The number of benzene rings is 1. The first kappa shape index (κ1) is 18.9. The summed E-state index contributed by atoms with van der Waals surface area (Å²) in [7, 11) is 0. The molecule has 0 amide bonds. The molecule has 1 aromatic heterocycles. The maximum absolute atomic E-state index is 11.5. The Kier molecular flexibility index (Phi) is 5.46. The van der Waals surface area contributed by atoms with Crippen molar-refractivity contribution in [3.63, 3.8) is 0 Å². The van der Waals surface area contributed by atoms with Gasteiger partial charge in [0, 0.05) is 11.1 Å². The average molecular weight is 364 g/mol. The molecule has 0 spiro atoms. The van der Waals surface area contributed by atoms with Crippen molar-refractivity contribution in [3.05, 3.63) is 52.3 Å². The first-order valence-electron chi connectivity index (χ1n) is 9.17. The van der Waals surface area contributed by atoms with Gasteiger partial charge in [-0.25, -0.2) is 0 Å². The van der Waals surface area contributed by atoms with Crippen LogP contribution in [-0.2, 0) is 21.4 Å². The number of carbonyl (C=O) groups excluding carboxylic acids is 1. The number of aryl methyl sites for hydroxylation is 1. The van der Waals surface area contributed by atoms with Crippen molar-refractivity contribution in [3.8, 4) is 17.6 Å². The molecule has 5 nitrogen and oxygen atoms in total. The van der Waals surface area contributed by atoms with Gasteiger partial charge in [0.2, 0.25) is 0 Å². The second-order valence-electron chi connectivity index (χ2n) is 7.29. The Morgan fingerprint density at radius 2 is 2.07 bits per heavy atom. The minimum Gasteiger partial charge on any atom is -0.493 e. The van der Waals surface area contributed by atoms with Crippen LogP contribution in [0.25, 0.3) is 0 Å². The number of carbonyl (C=O) groups is 1. The molecule has 0 fully saturated rings. The maximum atomic E-state index is 11.5. The number of hydrogen-bond donors (Lipinski definition) is 0. The Labute approximate surface area is 160 Å². The van der Waals surface area contributed by atoms with Crippen LogP contribution in [0.2, 0.25) is 0 Å². The zero-order chi connectivity index (χ0) is 19.4. The second kappa shape index (κ2) is 7.79. The van der Waals surface area contributed by atoms with Gasteiger partial charge in [0.25, 0.3) is 0 Å². The zero-order valence-corrected chi connectivity index (χ0v) is 16.3. The molecule has 1 aromatic carbocycles. The molecule has 5 heteroatoms. The summed E-state index contributed by atoms with van der Waals surface area (Å²) in [4.78, 5) is 11.5. The molecule has 0 radical (unpaired) electrons. The number of ether oxygens (including phenoxy) is 2. The molecule has 3 rings (SSSR count). The fourth-order valence-electron chi connectivity index (χ4n) is 3.03. The van der Waals surface area contributed by atoms with Gasteiger partial charge in [0.15, 0.2) is 0 Å². The Balaban J connectivity index is 1.81. The summed E-state index contributed by atoms with van der Waals surface area (Å²) in [6.45, 7) is 9.38. The van der Waals surface area contributed by atoms with Crippen LogP contribution in [-0.4, -0.2) is 29.4 Å². The van der Waals surface area contributed by atoms with E-state index < -0.39 is 0 Å². The van der Waals surface area contributed by atoms with Crippen LogP contribution in [0.5, 0.6) is 5.75 Å². The van der Waals surface area contributed by atoms with E-state index in [1.807, 2.05) is 6.92 Å². The Hall–Kier alpha value is -2.87. The minimum absolute atomic E-state index is 0.0757. The normalized spacial score (nSPS) is 14.4. The molecule has 1 aliphatic rings. The molecule has 2 heterocycles. The summed E-state index contributed by atoms with van der Waals surface area (Å²) >= 11 is 0. The molecule has 140 valence electrons. The molecule has 1 aliphatic heterocycles. The number of fused-ring (bicyclic) bond motifs is 1. The van der Waals surface area contributed by atoms with Gasteiger partial charge in [-0.05, 0) is 61.4 Å². The Morgan fingerprint density at radius 1 is 1.26 bits per heavy atom. The van der Waals surface area contributed by atoms with Crippen LogP contribution in [0.1, 0.15) is 55.3 Å². The lowest BCUT2D eigenvalue weighted by atomic mass is 9.78. The van der Waals surface area contributed by atoms with Gasteiger partial charge in [-0.15, -0.1) is 5.10 Å². The van der Waals surface area contributed by atoms with E-state index in [-0.39, 0.29) is 17.8 Å². The van der Waals surface area contributed by atoms with E-state index in [4.69, 9.17) is 9.47 Å². The third-order valence-electron chi connectivity index (χ3n) is 4.72. The molecule has 0 bridgehead atoms. The molecule has 27 heavy (non-hydrogen) atoms. The molecule has 0 saturated heterocycles. The lowest BCUT2D eigenvalue weighted by molar-refractivity contribution is -0.142. The maximum Gasteiger partial charge on any atom is 0.311 e. The van der Waals surface area contributed by atoms with Crippen molar-refractivity contribution in [2.45, 2.75) is 46.0 Å². The SMILES string of the molecule is CCOC(=O)Cc1ccc(C#Cc2cc3c(cc2C)OCCC3(C)C)nn1. The Bertz CT molecular complexity index is 906. The molecule has 0 saturated carbocycles. The van der Waals surface area contributed by atoms with Crippen molar-refractivity contribution in [1.29, 1.82) is 0 Å². The van der Waals surface area contributed by atoms with Crippen LogP contribution in [0.3, 0.4) is 0 Å². The summed E-state index contributed by atoms with van der Waals surface area (Å²) in [5.74, 6) is 6.91. The summed E-state index contributed by atoms with van der Waals surface area (Å²) in [6.07, 6.45) is 1.11. The lowest BCUT2D eigenvalue weighted by Crippen LogP contribution is -2.26. The number of rotatable bonds is 3. The molecule has 0 N–H and O–H groups in total. The first-order valence-corrected chi connectivity index (χ1v) is 9.17. The number of esters is 1. The number of hydrogen-bond acceptors (Lipinski definition) is 5. The minimum atomic E-state index is -0.305. The Morgan fingerprint density at radius 3 is 2.78 bits per heavy atom. The van der Waals surface area contributed by atoms with Crippen LogP contribution < -0.4 is 4.74 Å². The van der Waals surface area contributed by atoms with Crippen LogP contribution in [0.15, 0.2) is 24.3 Å². The van der Waals surface area contributed by atoms with Gasteiger partial charge in [-0.2, -0.15) is 5.10 Å². The van der Waals surface area contributed by atoms with E-state index in [1.165, 1.54) is 5.56 Å². The van der Waals surface area contributed by atoms with Crippen molar-refractivity contribution in [1.82, 2.24) is 10.2 Å². The van der Waals surface area contributed by atoms with Gasteiger partial charge >= 0.3 is 5.97 Å². The molecular weight excluding hydrogens is 340 g/mol. The van der Waals surface area contributed by atoms with Crippen molar-refractivity contribution >= 4 is 5.97 Å². The summed E-state index contributed by atoms with van der Waals surface area (Å²) in [5.41, 5.74) is 4.44. The fourth-order valence-corrected chi connectivity index (χ4v) is 3.03. The van der Waals surface area contributed by atoms with Gasteiger partial charge in [-0.1, -0.05) is 19.8 Å². The highest BCUT2D eigenvalue weighted by atomic mass is 16.5.